The standard InChI is InChI=1S/C29H32ClN7O3/c1-28(2)10-22(28)27(40)36-17-29(18-36)16-35(15-23(29)25(38)31-12-21-8-9-24(30)34-33-21)26(39)20-11-32-37(14-20)13-19-6-4-3-5-7-19/h3-9,11,14,22-23H,10,12-13,15-18H2,1-2H3,(H,31,38)/t22-,23+/m1/s1. The second-order valence-electron chi connectivity index (χ2n) is 12.0. The van der Waals surface area contributed by atoms with Gasteiger partial charge in [0.25, 0.3) is 5.91 Å². The summed E-state index contributed by atoms with van der Waals surface area (Å²) < 4.78 is 1.74. The Morgan fingerprint density at radius 2 is 1.73 bits per heavy atom. The van der Waals surface area contributed by atoms with Crippen LogP contribution in [0.15, 0.2) is 54.9 Å². The van der Waals surface area contributed by atoms with Gasteiger partial charge in [0, 0.05) is 43.7 Å². The van der Waals surface area contributed by atoms with Gasteiger partial charge in [-0.1, -0.05) is 55.8 Å². The largest absolute Gasteiger partial charge is 0.350 e. The van der Waals surface area contributed by atoms with Crippen LogP contribution in [-0.4, -0.2) is 73.7 Å². The third kappa shape index (κ3) is 5.08. The van der Waals surface area contributed by atoms with Crippen molar-refractivity contribution >= 4 is 29.3 Å². The third-order valence-electron chi connectivity index (χ3n) is 8.58. The average molecular weight is 562 g/mol. The lowest BCUT2D eigenvalue weighted by molar-refractivity contribution is -0.151. The van der Waals surface area contributed by atoms with Crippen molar-refractivity contribution in [2.45, 2.75) is 33.4 Å². The Morgan fingerprint density at radius 1 is 1.00 bits per heavy atom. The van der Waals surface area contributed by atoms with Crippen LogP contribution in [0.1, 0.15) is 41.9 Å². The van der Waals surface area contributed by atoms with Crippen molar-refractivity contribution in [1.29, 1.82) is 0 Å². The van der Waals surface area contributed by atoms with Gasteiger partial charge in [0.1, 0.15) is 0 Å². The summed E-state index contributed by atoms with van der Waals surface area (Å²) in [6, 6.07) is 13.3. The van der Waals surface area contributed by atoms with Gasteiger partial charge in [-0.2, -0.15) is 10.2 Å². The van der Waals surface area contributed by atoms with E-state index < -0.39 is 11.3 Å². The fourth-order valence-corrected chi connectivity index (χ4v) is 6.14. The van der Waals surface area contributed by atoms with E-state index in [1.807, 2.05) is 35.2 Å². The molecule has 3 aliphatic rings. The molecule has 0 radical (unpaired) electrons. The van der Waals surface area contributed by atoms with Crippen LogP contribution in [0.4, 0.5) is 0 Å². The van der Waals surface area contributed by atoms with Gasteiger partial charge in [-0.25, -0.2) is 0 Å². The predicted molar refractivity (Wildman–Crippen MR) is 147 cm³/mol. The van der Waals surface area contributed by atoms with Gasteiger partial charge in [0.05, 0.1) is 36.5 Å². The first-order chi connectivity index (χ1) is 19.1. The molecule has 2 saturated heterocycles. The topological polar surface area (TPSA) is 113 Å². The van der Waals surface area contributed by atoms with Crippen molar-refractivity contribution < 1.29 is 14.4 Å². The first-order valence-electron chi connectivity index (χ1n) is 13.5. The molecular formula is C29H32ClN7O3. The summed E-state index contributed by atoms with van der Waals surface area (Å²) in [6.07, 6.45) is 4.22. The average Bonchev–Trinajstić information content (AvgIpc) is 3.25. The number of rotatable bonds is 7. The lowest BCUT2D eigenvalue weighted by atomic mass is 9.71. The summed E-state index contributed by atoms with van der Waals surface area (Å²) in [5.74, 6) is -0.586. The minimum atomic E-state index is -0.486. The van der Waals surface area contributed by atoms with Crippen LogP contribution in [0.5, 0.6) is 0 Å². The molecule has 3 fully saturated rings. The smallest absolute Gasteiger partial charge is 0.257 e. The molecule has 2 aromatic heterocycles. The molecule has 6 rings (SSSR count). The Labute approximate surface area is 237 Å². The number of hydrogen-bond acceptors (Lipinski definition) is 6. The molecule has 208 valence electrons. The normalized spacial score (nSPS) is 22.2. The van der Waals surface area contributed by atoms with Gasteiger partial charge >= 0.3 is 0 Å². The minimum Gasteiger partial charge on any atom is -0.350 e. The van der Waals surface area contributed by atoms with Crippen molar-refractivity contribution in [2.75, 3.05) is 26.2 Å². The van der Waals surface area contributed by atoms with Crippen LogP contribution < -0.4 is 5.32 Å². The highest BCUT2D eigenvalue weighted by atomic mass is 35.5. The predicted octanol–water partition coefficient (Wildman–Crippen LogP) is 2.64. The maximum atomic E-state index is 13.6. The zero-order valence-electron chi connectivity index (χ0n) is 22.6. The summed E-state index contributed by atoms with van der Waals surface area (Å²) >= 11 is 5.83. The molecule has 3 aromatic rings. The van der Waals surface area contributed by atoms with E-state index in [1.165, 1.54) is 0 Å². The van der Waals surface area contributed by atoms with Crippen LogP contribution in [-0.2, 0) is 22.7 Å². The SMILES string of the molecule is CC1(C)C[C@@H]1C(=O)N1CC2(CN(C(=O)c3cnn(Cc4ccccc4)c3)C[C@H]2C(=O)NCc2ccc(Cl)nn2)C1. The zero-order chi connectivity index (χ0) is 28.1. The van der Waals surface area contributed by atoms with Gasteiger partial charge in [0.2, 0.25) is 11.8 Å². The number of carbonyl (C=O) groups excluding carboxylic acids is 3. The van der Waals surface area contributed by atoms with E-state index in [2.05, 4.69) is 34.5 Å². The van der Waals surface area contributed by atoms with Gasteiger partial charge in [-0.15, -0.1) is 5.10 Å². The molecule has 1 spiro atoms. The Bertz CT molecular complexity index is 1430. The van der Waals surface area contributed by atoms with Crippen molar-refractivity contribution in [3.05, 3.63) is 76.8 Å². The summed E-state index contributed by atoms with van der Waals surface area (Å²) in [7, 11) is 0. The molecular weight excluding hydrogens is 530 g/mol. The Morgan fingerprint density at radius 3 is 2.40 bits per heavy atom. The van der Waals surface area contributed by atoms with E-state index in [0.717, 1.165) is 12.0 Å². The van der Waals surface area contributed by atoms with Gasteiger partial charge in [-0.05, 0) is 29.5 Å². The molecule has 1 aromatic carbocycles. The van der Waals surface area contributed by atoms with Gasteiger partial charge in [-0.3, -0.25) is 19.1 Å². The number of hydrogen-bond donors (Lipinski definition) is 1. The van der Waals surface area contributed by atoms with Crippen molar-refractivity contribution in [3.63, 3.8) is 0 Å². The van der Waals surface area contributed by atoms with Crippen LogP contribution in [0.25, 0.3) is 0 Å². The number of carbonyl (C=O) groups is 3. The maximum absolute atomic E-state index is 13.6. The molecule has 10 nitrogen and oxygen atoms in total. The van der Waals surface area contributed by atoms with Crippen molar-refractivity contribution in [3.8, 4) is 0 Å². The maximum Gasteiger partial charge on any atom is 0.257 e. The van der Waals surface area contributed by atoms with E-state index in [1.54, 1.807) is 34.1 Å². The molecule has 0 bridgehead atoms. The molecule has 40 heavy (non-hydrogen) atoms. The Balaban J connectivity index is 1.16. The number of nitrogens with one attached hydrogen (secondary N) is 1. The molecule has 1 aliphatic carbocycles. The van der Waals surface area contributed by atoms with Crippen molar-refractivity contribution in [2.24, 2.45) is 22.7 Å². The van der Waals surface area contributed by atoms with E-state index >= 15 is 0 Å². The van der Waals surface area contributed by atoms with E-state index in [-0.39, 0.29) is 47.3 Å². The van der Waals surface area contributed by atoms with E-state index in [0.29, 0.717) is 37.4 Å². The van der Waals surface area contributed by atoms with Gasteiger partial charge < -0.3 is 15.1 Å². The lowest BCUT2D eigenvalue weighted by Crippen LogP contribution is -2.64. The van der Waals surface area contributed by atoms with Crippen LogP contribution in [0.3, 0.4) is 0 Å². The van der Waals surface area contributed by atoms with Gasteiger partial charge in [0.15, 0.2) is 5.15 Å². The minimum absolute atomic E-state index is 0.0355. The van der Waals surface area contributed by atoms with Crippen LogP contribution in [0.2, 0.25) is 5.15 Å². The molecule has 3 amide bonds. The molecule has 11 heteroatoms. The second kappa shape index (κ2) is 9.99. The molecule has 4 heterocycles. The zero-order valence-corrected chi connectivity index (χ0v) is 23.3. The van der Waals surface area contributed by atoms with E-state index in [4.69, 9.17) is 11.6 Å². The van der Waals surface area contributed by atoms with Crippen molar-refractivity contribution in [1.82, 2.24) is 35.1 Å². The summed E-state index contributed by atoms with van der Waals surface area (Å²) in [5, 5.41) is 15.5. The second-order valence-corrected chi connectivity index (χ2v) is 12.4. The highest BCUT2D eigenvalue weighted by Crippen LogP contribution is 2.54. The quantitative estimate of drug-likeness (QED) is 0.474. The van der Waals surface area contributed by atoms with Crippen LogP contribution >= 0.6 is 11.6 Å². The molecule has 1 saturated carbocycles. The lowest BCUT2D eigenvalue weighted by Gasteiger charge is -2.50. The molecule has 2 atom stereocenters. The highest BCUT2D eigenvalue weighted by molar-refractivity contribution is 6.29. The Kier molecular flexibility index (Phi) is 6.60. The molecule has 0 unspecified atom stereocenters. The number of amides is 3. The Hall–Kier alpha value is -3.79. The number of likely N-dealkylation sites (tertiary alicyclic amines) is 2. The van der Waals surface area contributed by atoms with E-state index in [9.17, 15) is 14.4 Å². The summed E-state index contributed by atoms with van der Waals surface area (Å²) in [5.41, 5.74) is 1.71. The summed E-state index contributed by atoms with van der Waals surface area (Å²) in [6.45, 7) is 6.59. The fourth-order valence-electron chi connectivity index (χ4n) is 6.04. The number of aromatic nitrogens is 4. The number of benzene rings is 1. The highest BCUT2D eigenvalue weighted by Gasteiger charge is 2.61. The number of nitrogens with zero attached hydrogens (tertiary/aromatic N) is 6. The molecule has 2 aliphatic heterocycles. The first kappa shape index (κ1) is 26.4. The first-order valence-corrected chi connectivity index (χ1v) is 13.9. The summed E-state index contributed by atoms with van der Waals surface area (Å²) in [4.78, 5) is 43.7. The van der Waals surface area contributed by atoms with Crippen LogP contribution in [0, 0.1) is 22.7 Å². The fraction of sp³-hybridized carbons (Fsp3) is 0.448. The number of halogens is 1. The third-order valence-corrected chi connectivity index (χ3v) is 8.79. The molecule has 1 N–H and O–H groups in total. The monoisotopic (exact) mass is 561 g/mol.